The molecule has 0 N–H and O–H groups in total. The van der Waals surface area contributed by atoms with Crippen LogP contribution in [0.1, 0.15) is 0 Å². The number of hydrogen-bond donors (Lipinski definition) is 0. The van der Waals surface area contributed by atoms with Gasteiger partial charge in [-0.15, -0.1) is 11.3 Å². The Hall–Kier alpha value is -7.35. The fraction of sp³-hybridized carbons (Fsp3) is 0. The van der Waals surface area contributed by atoms with Gasteiger partial charge in [-0.3, -0.25) is 0 Å². The summed E-state index contributed by atoms with van der Waals surface area (Å²) in [7, 11) is 0. The molecule has 0 radical (unpaired) electrons. The third-order valence-corrected chi connectivity index (χ3v) is 11.3. The molecule has 4 heterocycles. The Morgan fingerprint density at radius 3 is 1.68 bits per heavy atom. The van der Waals surface area contributed by atoms with Crippen LogP contribution < -0.4 is 0 Å². The van der Waals surface area contributed by atoms with E-state index >= 15 is 0 Å². The van der Waals surface area contributed by atoms with Crippen molar-refractivity contribution < 1.29 is 4.42 Å². The lowest BCUT2D eigenvalue weighted by Crippen LogP contribution is -2.00. The monoisotopic (exact) mass is 735 g/mol. The summed E-state index contributed by atoms with van der Waals surface area (Å²) in [6.45, 7) is 0. The van der Waals surface area contributed by atoms with Crippen molar-refractivity contribution in [2.75, 3.05) is 0 Å². The summed E-state index contributed by atoms with van der Waals surface area (Å²) in [4.78, 5) is 25.6. The van der Waals surface area contributed by atoms with Crippen LogP contribution in [0.25, 0.3) is 110 Å². The zero-order valence-corrected chi connectivity index (χ0v) is 30.6. The summed E-state index contributed by atoms with van der Waals surface area (Å²) >= 11 is 1.76. The van der Waals surface area contributed by atoms with Crippen molar-refractivity contribution in [2.24, 2.45) is 0 Å². The van der Waals surface area contributed by atoms with Gasteiger partial charge in [0.2, 0.25) is 0 Å². The molecule has 0 bridgehead atoms. The fourth-order valence-corrected chi connectivity index (χ4v) is 8.58. The summed E-state index contributed by atoms with van der Waals surface area (Å²) < 4.78 is 8.86. The van der Waals surface area contributed by atoms with Crippen molar-refractivity contribution in [1.82, 2.24) is 24.9 Å². The maximum absolute atomic E-state index is 6.56. The maximum Gasteiger partial charge on any atom is 0.180 e. The molecule has 0 fully saturated rings. The van der Waals surface area contributed by atoms with Crippen LogP contribution in [0.2, 0.25) is 0 Å². The molecule has 0 aliphatic rings. The van der Waals surface area contributed by atoms with E-state index in [1.807, 2.05) is 84.9 Å². The first-order chi connectivity index (χ1) is 27.7. The normalized spacial score (nSPS) is 11.6. The molecule has 56 heavy (non-hydrogen) atoms. The quantitative estimate of drug-likeness (QED) is 0.169. The van der Waals surface area contributed by atoms with Gasteiger partial charge in [-0.05, 0) is 53.6 Å². The highest BCUT2D eigenvalue weighted by Gasteiger charge is 2.22. The van der Waals surface area contributed by atoms with Gasteiger partial charge >= 0.3 is 0 Å². The molecule has 4 aromatic heterocycles. The molecule has 6 nitrogen and oxygen atoms in total. The molecule has 0 aliphatic heterocycles. The number of fused-ring (bicyclic) bond motifs is 6. The molecule has 0 atom stereocenters. The van der Waals surface area contributed by atoms with Crippen molar-refractivity contribution in [1.29, 1.82) is 0 Å². The van der Waals surface area contributed by atoms with Crippen molar-refractivity contribution in [3.8, 4) is 67.9 Å². The van der Waals surface area contributed by atoms with Crippen LogP contribution in [0.5, 0.6) is 0 Å². The van der Waals surface area contributed by atoms with Gasteiger partial charge in [-0.2, -0.15) is 0 Å². The second kappa shape index (κ2) is 13.2. The number of nitrogens with zero attached hydrogens (tertiary/aromatic N) is 5. The smallest absolute Gasteiger partial charge is 0.180 e. The van der Waals surface area contributed by atoms with Crippen LogP contribution in [0.3, 0.4) is 0 Å². The topological polar surface area (TPSA) is 77.6 Å². The average Bonchev–Trinajstić information content (AvgIpc) is 3.85. The van der Waals surface area contributed by atoms with Gasteiger partial charge in [0.05, 0.1) is 0 Å². The van der Waals surface area contributed by atoms with Gasteiger partial charge in [-0.25, -0.2) is 24.9 Å². The Morgan fingerprint density at radius 2 is 0.946 bits per heavy atom. The van der Waals surface area contributed by atoms with E-state index in [4.69, 9.17) is 29.3 Å². The van der Waals surface area contributed by atoms with Crippen molar-refractivity contribution in [3.63, 3.8) is 0 Å². The van der Waals surface area contributed by atoms with Crippen molar-refractivity contribution in [3.05, 3.63) is 176 Å². The molecule has 0 amide bonds. The Kier molecular flexibility index (Phi) is 7.57. The van der Waals surface area contributed by atoms with E-state index < -0.39 is 0 Å². The van der Waals surface area contributed by atoms with Gasteiger partial charge in [0.15, 0.2) is 28.9 Å². The Morgan fingerprint density at radius 1 is 0.375 bits per heavy atom. The van der Waals surface area contributed by atoms with E-state index in [-0.39, 0.29) is 0 Å². The lowest BCUT2D eigenvalue weighted by atomic mass is 10.0. The van der Waals surface area contributed by atoms with Crippen LogP contribution in [0.4, 0.5) is 0 Å². The maximum atomic E-state index is 6.56. The SMILES string of the molecule is c1ccc(-c2cccc(-c3nc(-c4ccccc4)nc(-c4ccc5sc6cccc(-c7nc(-c8ccccc8)nc8c7oc7ccccc78)c6c5c4)n3)c2)cc1. The van der Waals surface area contributed by atoms with Crippen molar-refractivity contribution >= 4 is 53.6 Å². The second-order valence-electron chi connectivity index (χ2n) is 13.6. The van der Waals surface area contributed by atoms with Gasteiger partial charge in [0.1, 0.15) is 16.8 Å². The van der Waals surface area contributed by atoms with Crippen LogP contribution in [-0.2, 0) is 0 Å². The molecule has 7 aromatic carbocycles. The Labute approximate surface area is 325 Å². The van der Waals surface area contributed by atoms with Crippen molar-refractivity contribution in [2.45, 2.75) is 0 Å². The van der Waals surface area contributed by atoms with Gasteiger partial charge in [0.25, 0.3) is 0 Å². The minimum atomic E-state index is 0.603. The highest BCUT2D eigenvalue weighted by atomic mass is 32.1. The standard InChI is InChI=1S/C49H29N5OS/c1-4-14-30(15-5-1)33-20-12-21-34(28-33)48-52-47(32-18-8-3-9-19-32)53-49(54-48)35-26-27-40-38(29-35)42-37(23-13-25-41(42)56-40)44-45-43(36-22-10-11-24-39(36)55-45)50-46(51-44)31-16-6-2-7-17-31/h1-29H. The summed E-state index contributed by atoms with van der Waals surface area (Å²) in [6, 6.07) is 59.9. The zero-order chi connectivity index (χ0) is 37.0. The van der Waals surface area contributed by atoms with E-state index in [0.717, 1.165) is 81.3 Å². The van der Waals surface area contributed by atoms with Crippen LogP contribution >= 0.6 is 11.3 Å². The summed E-state index contributed by atoms with van der Waals surface area (Å²) in [6.07, 6.45) is 0. The molecule has 11 rings (SSSR count). The predicted molar refractivity (Wildman–Crippen MR) is 228 cm³/mol. The Bertz CT molecular complexity index is 3250. The fourth-order valence-electron chi connectivity index (χ4n) is 7.47. The lowest BCUT2D eigenvalue weighted by molar-refractivity contribution is 0.667. The average molecular weight is 736 g/mol. The number of thiophene rings is 1. The number of para-hydroxylation sites is 1. The van der Waals surface area contributed by atoms with E-state index in [9.17, 15) is 0 Å². The Balaban J connectivity index is 1.12. The second-order valence-corrected chi connectivity index (χ2v) is 14.7. The number of furan rings is 1. The minimum Gasteiger partial charge on any atom is -0.452 e. The third kappa shape index (κ3) is 5.52. The highest BCUT2D eigenvalue weighted by Crippen LogP contribution is 2.44. The molecule has 7 heteroatoms. The van der Waals surface area contributed by atoms with E-state index in [0.29, 0.717) is 28.9 Å². The number of hydrogen-bond acceptors (Lipinski definition) is 7. The molecule has 262 valence electrons. The molecule has 0 spiro atoms. The third-order valence-electron chi connectivity index (χ3n) is 10.2. The van der Waals surface area contributed by atoms with Crippen LogP contribution in [-0.4, -0.2) is 24.9 Å². The summed E-state index contributed by atoms with van der Waals surface area (Å²) in [5, 5.41) is 3.15. The first kappa shape index (κ1) is 32.1. The highest BCUT2D eigenvalue weighted by molar-refractivity contribution is 7.26. The van der Waals surface area contributed by atoms with E-state index in [2.05, 4.69) is 91.0 Å². The molecular formula is C49H29N5OS. The first-order valence-electron chi connectivity index (χ1n) is 18.4. The van der Waals surface area contributed by atoms with Gasteiger partial charge in [0, 0.05) is 53.4 Å². The molecule has 11 aromatic rings. The number of rotatable bonds is 6. The zero-order valence-electron chi connectivity index (χ0n) is 29.8. The summed E-state index contributed by atoms with van der Waals surface area (Å²) in [5.41, 5.74) is 9.90. The molecule has 0 unspecified atom stereocenters. The summed E-state index contributed by atoms with van der Waals surface area (Å²) in [5.74, 6) is 2.49. The largest absolute Gasteiger partial charge is 0.452 e. The van der Waals surface area contributed by atoms with E-state index in [1.54, 1.807) is 11.3 Å². The van der Waals surface area contributed by atoms with Crippen LogP contribution in [0, 0.1) is 0 Å². The number of aromatic nitrogens is 5. The van der Waals surface area contributed by atoms with E-state index in [1.165, 1.54) is 0 Å². The number of benzene rings is 7. The van der Waals surface area contributed by atoms with Crippen LogP contribution in [0.15, 0.2) is 180 Å². The minimum absolute atomic E-state index is 0.603. The lowest BCUT2D eigenvalue weighted by Gasteiger charge is -2.10. The molecular weight excluding hydrogens is 707 g/mol. The molecule has 0 saturated carbocycles. The molecule has 0 aliphatic carbocycles. The van der Waals surface area contributed by atoms with Gasteiger partial charge < -0.3 is 4.42 Å². The molecule has 0 saturated heterocycles. The first-order valence-corrected chi connectivity index (χ1v) is 19.2. The van der Waals surface area contributed by atoms with Gasteiger partial charge in [-0.1, -0.05) is 133 Å². The predicted octanol–water partition coefficient (Wildman–Crippen LogP) is 12.9.